The predicted molar refractivity (Wildman–Crippen MR) is 204 cm³/mol. The number of carbonyl (C=O) groups is 2. The topological polar surface area (TPSA) is 70.4 Å². The van der Waals surface area contributed by atoms with Gasteiger partial charge in [-0.1, -0.05) is 96.5 Å². The normalized spacial score (nSPS) is 37.9. The summed E-state index contributed by atoms with van der Waals surface area (Å²) < 4.78 is 6.34. The van der Waals surface area contributed by atoms with Gasteiger partial charge in [-0.3, -0.25) is 9.59 Å². The number of carbonyl (C=O) groups excluding carboxylic acids is 2. The van der Waals surface area contributed by atoms with Crippen LogP contribution >= 0.6 is 0 Å². The third kappa shape index (κ3) is 5.27. The molecule has 0 spiro atoms. The van der Waals surface area contributed by atoms with Gasteiger partial charge in [-0.2, -0.15) is 5.26 Å². The lowest BCUT2D eigenvalue weighted by Gasteiger charge is -2.71. The fourth-order valence-corrected chi connectivity index (χ4v) is 12.9. The number of rotatable bonds is 5. The van der Waals surface area contributed by atoms with E-state index in [1.807, 2.05) is 30.3 Å². The number of hydrogen-bond acceptors (Lipinski definition) is 5. The smallest absolute Gasteiger partial charge is 0.313 e. The lowest BCUT2D eigenvalue weighted by molar-refractivity contribution is -0.193. The first-order valence-corrected chi connectivity index (χ1v) is 19.6. The van der Waals surface area contributed by atoms with Gasteiger partial charge in [0.15, 0.2) is 5.78 Å². The summed E-state index contributed by atoms with van der Waals surface area (Å²) in [6, 6.07) is 21.6. The van der Waals surface area contributed by atoms with Gasteiger partial charge in [0, 0.05) is 25.2 Å². The minimum atomic E-state index is -0.570. The van der Waals surface area contributed by atoms with Crippen molar-refractivity contribution in [3.63, 3.8) is 0 Å². The maximum absolute atomic E-state index is 14.8. The van der Waals surface area contributed by atoms with Crippen LogP contribution < -0.4 is 4.90 Å². The number of hydrogen-bond donors (Lipinski definition) is 0. The molecule has 0 amide bonds. The third-order valence-electron chi connectivity index (χ3n) is 15.9. The van der Waals surface area contributed by atoms with E-state index >= 15 is 0 Å². The molecule has 0 bridgehead atoms. The van der Waals surface area contributed by atoms with E-state index in [-0.39, 0.29) is 45.2 Å². The van der Waals surface area contributed by atoms with E-state index in [9.17, 15) is 14.9 Å². The van der Waals surface area contributed by atoms with Crippen LogP contribution in [0.15, 0.2) is 60.2 Å². The van der Waals surface area contributed by atoms with Gasteiger partial charge in [0.25, 0.3) is 0 Å². The molecule has 4 saturated carbocycles. The molecule has 272 valence electrons. The molecule has 4 fully saturated rings. The molecule has 4 unspecified atom stereocenters. The van der Waals surface area contributed by atoms with Crippen LogP contribution in [0.5, 0.6) is 0 Å². The van der Waals surface area contributed by atoms with E-state index in [2.05, 4.69) is 97.8 Å². The summed E-state index contributed by atoms with van der Waals surface area (Å²) in [7, 11) is 4.21. The van der Waals surface area contributed by atoms with Crippen molar-refractivity contribution in [2.24, 2.45) is 56.2 Å². The van der Waals surface area contributed by atoms with Gasteiger partial charge in [-0.25, -0.2) is 0 Å². The van der Waals surface area contributed by atoms with Gasteiger partial charge in [-0.15, -0.1) is 0 Å². The second-order valence-electron chi connectivity index (χ2n) is 19.6. The molecule has 8 atom stereocenters. The molecule has 7 rings (SSSR count). The molecule has 0 aromatic heterocycles. The molecular formula is C46H60N2O3. The highest BCUT2D eigenvalue weighted by Crippen LogP contribution is 2.77. The Hall–Kier alpha value is -3.39. The van der Waals surface area contributed by atoms with Crippen LogP contribution in [0.2, 0.25) is 0 Å². The zero-order valence-electron chi connectivity index (χ0n) is 32.7. The number of benzene rings is 2. The van der Waals surface area contributed by atoms with Crippen LogP contribution in [0.1, 0.15) is 117 Å². The van der Waals surface area contributed by atoms with Gasteiger partial charge < -0.3 is 9.64 Å². The summed E-state index contributed by atoms with van der Waals surface area (Å²) in [6.45, 7) is 16.9. The van der Waals surface area contributed by atoms with Crippen LogP contribution in [0.3, 0.4) is 0 Å². The van der Waals surface area contributed by atoms with Gasteiger partial charge in [0.05, 0.1) is 11.5 Å². The number of Topliss-reactive ketones (excluding diaryl/α,β-unsaturated/α-hetero) is 1. The Bertz CT molecular complexity index is 1800. The van der Waals surface area contributed by atoms with Crippen molar-refractivity contribution in [1.82, 2.24) is 0 Å². The molecule has 5 aliphatic rings. The molecular weight excluding hydrogens is 629 g/mol. The molecule has 5 aliphatic carbocycles. The van der Waals surface area contributed by atoms with E-state index in [4.69, 9.17) is 4.74 Å². The van der Waals surface area contributed by atoms with Crippen molar-refractivity contribution in [2.45, 2.75) is 113 Å². The van der Waals surface area contributed by atoms with Gasteiger partial charge >= 0.3 is 5.97 Å². The van der Waals surface area contributed by atoms with Crippen molar-refractivity contribution in [2.75, 3.05) is 19.0 Å². The lowest BCUT2D eigenvalue weighted by Crippen LogP contribution is -2.66. The first kappa shape index (κ1) is 36.0. The van der Waals surface area contributed by atoms with E-state index in [0.29, 0.717) is 18.9 Å². The average molecular weight is 689 g/mol. The van der Waals surface area contributed by atoms with Gasteiger partial charge in [0.1, 0.15) is 12.5 Å². The summed E-state index contributed by atoms with van der Waals surface area (Å²) in [6.07, 6.45) is 8.19. The largest absolute Gasteiger partial charge is 0.460 e. The first-order chi connectivity index (χ1) is 23.9. The summed E-state index contributed by atoms with van der Waals surface area (Å²) >= 11 is 0. The summed E-state index contributed by atoms with van der Waals surface area (Å²) in [5.41, 5.74) is 5.02. The maximum Gasteiger partial charge on any atom is 0.313 e. The van der Waals surface area contributed by atoms with Crippen LogP contribution in [0, 0.1) is 67.5 Å². The van der Waals surface area contributed by atoms with Gasteiger partial charge in [0.2, 0.25) is 0 Å². The van der Waals surface area contributed by atoms with Gasteiger partial charge in [-0.05, 0) is 126 Å². The van der Waals surface area contributed by atoms with E-state index < -0.39 is 16.7 Å². The summed E-state index contributed by atoms with van der Waals surface area (Å²) in [4.78, 5) is 30.7. The minimum absolute atomic E-state index is 0.0184. The highest BCUT2D eigenvalue weighted by molar-refractivity contribution is 5.90. The van der Waals surface area contributed by atoms with Crippen LogP contribution in [0.25, 0.3) is 5.57 Å². The van der Waals surface area contributed by atoms with E-state index in [1.165, 1.54) is 22.4 Å². The number of allylic oxidation sites excluding steroid dienone is 2. The maximum atomic E-state index is 14.8. The number of ether oxygens (including phenoxy) is 1. The summed E-state index contributed by atoms with van der Waals surface area (Å²) in [5.74, 6) is 0.154. The fraction of sp³-hybridized carbons (Fsp3) is 0.630. The molecule has 0 aliphatic heterocycles. The van der Waals surface area contributed by atoms with Crippen molar-refractivity contribution < 1.29 is 14.3 Å². The molecule has 0 N–H and O–H groups in total. The zero-order chi connectivity index (χ0) is 36.8. The number of fused-ring (bicyclic) bond motifs is 7. The second kappa shape index (κ2) is 12.1. The number of nitriles is 1. The highest BCUT2D eigenvalue weighted by Gasteiger charge is 2.71. The zero-order valence-corrected chi connectivity index (χ0v) is 32.7. The van der Waals surface area contributed by atoms with Crippen LogP contribution in [-0.4, -0.2) is 25.8 Å². The molecule has 5 heteroatoms. The molecule has 0 heterocycles. The number of nitrogens with zero attached hydrogens (tertiary/aromatic N) is 2. The number of anilines is 1. The monoisotopic (exact) mass is 688 g/mol. The van der Waals surface area contributed by atoms with E-state index in [1.54, 1.807) is 0 Å². The Labute approximate surface area is 307 Å². The van der Waals surface area contributed by atoms with Crippen molar-refractivity contribution >= 4 is 23.0 Å². The first-order valence-electron chi connectivity index (χ1n) is 19.6. The molecule has 0 saturated heterocycles. The Morgan fingerprint density at radius 3 is 2.27 bits per heavy atom. The third-order valence-corrected chi connectivity index (χ3v) is 15.9. The minimum Gasteiger partial charge on any atom is -0.460 e. The molecule has 0 radical (unpaired) electrons. The predicted octanol–water partition coefficient (Wildman–Crippen LogP) is 10.4. The molecule has 2 aromatic rings. The quantitative estimate of drug-likeness (QED) is 0.293. The Balaban J connectivity index is 1.43. The lowest BCUT2D eigenvalue weighted by atomic mass is 9.32. The standard InChI is InChI=1S/C46H60N2O3/c1-41(2)20-22-46(40(50)51-29-30-14-11-10-12-15-30)23-21-45(7)38(35(46)27-41)34(31-16-13-17-33(24-31)48(8)9)25-37-43(5)26-32(28-47)39(49)42(3,4)36(43)18-19-44(37,45)6/h10-17,24,32,35-37H,18-23,25-27,29H2,1-9H3/t32?,35?,36?,37?,43-,44+,45+,46-/m0/s1. The summed E-state index contributed by atoms with van der Waals surface area (Å²) in [5, 5.41) is 10.4. The SMILES string of the molecule is CN(C)c1cccc(C2=C3C4CC(C)(C)CC[C@]4(C(=O)OCc4ccccc4)CC[C@@]3(C)[C@]3(C)CCC4C(C)(C)C(=O)C(C#N)C[C@]4(C)C3C2)c1. The second-order valence-corrected chi connectivity index (χ2v) is 19.6. The Kier molecular flexibility index (Phi) is 8.52. The van der Waals surface area contributed by atoms with Crippen molar-refractivity contribution in [3.05, 3.63) is 71.3 Å². The fourth-order valence-electron chi connectivity index (χ4n) is 12.9. The van der Waals surface area contributed by atoms with Crippen LogP contribution in [-0.2, 0) is 20.9 Å². The van der Waals surface area contributed by atoms with Crippen molar-refractivity contribution in [3.8, 4) is 6.07 Å². The number of ketones is 1. The molecule has 2 aromatic carbocycles. The van der Waals surface area contributed by atoms with Crippen LogP contribution in [0.4, 0.5) is 5.69 Å². The highest BCUT2D eigenvalue weighted by atomic mass is 16.5. The van der Waals surface area contributed by atoms with E-state index in [0.717, 1.165) is 56.9 Å². The van der Waals surface area contributed by atoms with Crippen molar-refractivity contribution in [1.29, 1.82) is 5.26 Å². The average Bonchev–Trinajstić information content (AvgIpc) is 3.09. The number of esters is 1. The Morgan fingerprint density at radius 2 is 1.59 bits per heavy atom. The molecule has 51 heavy (non-hydrogen) atoms. The Morgan fingerprint density at radius 1 is 0.882 bits per heavy atom. The molecule has 5 nitrogen and oxygen atoms in total.